The van der Waals surface area contributed by atoms with Crippen LogP contribution in [-0.4, -0.2) is 6.61 Å². The summed E-state index contributed by atoms with van der Waals surface area (Å²) in [6.45, 7) is 7.39. The van der Waals surface area contributed by atoms with Gasteiger partial charge >= 0.3 is 0 Å². The first-order valence-corrected chi connectivity index (χ1v) is 4.91. The van der Waals surface area contributed by atoms with Gasteiger partial charge < -0.3 is 4.74 Å². The highest BCUT2D eigenvalue weighted by molar-refractivity contribution is 5.39. The summed E-state index contributed by atoms with van der Waals surface area (Å²) < 4.78 is 5.70. The molecule has 0 aromatic heterocycles. The average molecular weight is 176 g/mol. The minimum absolute atomic E-state index is 0.271. The van der Waals surface area contributed by atoms with E-state index in [4.69, 9.17) is 4.74 Å². The van der Waals surface area contributed by atoms with Crippen molar-refractivity contribution in [3.63, 3.8) is 0 Å². The van der Waals surface area contributed by atoms with Gasteiger partial charge in [0.15, 0.2) is 0 Å². The summed E-state index contributed by atoms with van der Waals surface area (Å²) in [4.78, 5) is 0. The van der Waals surface area contributed by atoms with Gasteiger partial charge in [-0.3, -0.25) is 0 Å². The molecule has 0 aliphatic carbocycles. The lowest BCUT2D eigenvalue weighted by Crippen LogP contribution is -2.18. The summed E-state index contributed by atoms with van der Waals surface area (Å²) in [5.41, 5.74) is 4.23. The van der Waals surface area contributed by atoms with Crippen molar-refractivity contribution >= 4 is 0 Å². The van der Waals surface area contributed by atoms with Gasteiger partial charge in [-0.15, -0.1) is 0 Å². The molecule has 70 valence electrons. The van der Waals surface area contributed by atoms with Crippen LogP contribution in [0.1, 0.15) is 42.6 Å². The van der Waals surface area contributed by atoms with Crippen molar-refractivity contribution in [2.75, 3.05) is 6.61 Å². The zero-order valence-corrected chi connectivity index (χ0v) is 8.50. The minimum atomic E-state index is 0.271. The standard InChI is InChI=1S/C12H16O/c1-8-5-4-6-11-9(2)7-13-10(3)12(8)11/h4-6,9-10H,7H2,1-3H3. The van der Waals surface area contributed by atoms with Gasteiger partial charge in [-0.2, -0.15) is 0 Å². The molecule has 0 saturated heterocycles. The van der Waals surface area contributed by atoms with E-state index in [0.717, 1.165) is 6.61 Å². The van der Waals surface area contributed by atoms with Gasteiger partial charge in [0.1, 0.15) is 0 Å². The van der Waals surface area contributed by atoms with Crippen LogP contribution in [0.25, 0.3) is 0 Å². The first-order chi connectivity index (χ1) is 6.20. The molecule has 1 aliphatic heterocycles. The van der Waals surface area contributed by atoms with Gasteiger partial charge in [-0.25, -0.2) is 0 Å². The van der Waals surface area contributed by atoms with Gasteiger partial charge in [0.05, 0.1) is 12.7 Å². The Morgan fingerprint density at radius 2 is 2.08 bits per heavy atom. The Morgan fingerprint density at radius 1 is 1.31 bits per heavy atom. The molecular weight excluding hydrogens is 160 g/mol. The number of fused-ring (bicyclic) bond motifs is 1. The monoisotopic (exact) mass is 176 g/mol. The van der Waals surface area contributed by atoms with Crippen molar-refractivity contribution in [2.45, 2.75) is 32.8 Å². The first-order valence-electron chi connectivity index (χ1n) is 4.91. The number of hydrogen-bond acceptors (Lipinski definition) is 1. The highest BCUT2D eigenvalue weighted by Crippen LogP contribution is 2.34. The van der Waals surface area contributed by atoms with Gasteiger partial charge in [0, 0.05) is 5.92 Å². The van der Waals surface area contributed by atoms with Gasteiger partial charge in [-0.1, -0.05) is 25.1 Å². The average Bonchev–Trinajstić information content (AvgIpc) is 2.12. The maximum absolute atomic E-state index is 5.70. The second-order valence-corrected chi connectivity index (χ2v) is 3.95. The Bertz CT molecular complexity index is 317. The summed E-state index contributed by atoms with van der Waals surface area (Å²) in [5, 5.41) is 0. The molecular formula is C12H16O. The molecule has 1 aromatic carbocycles. The smallest absolute Gasteiger partial charge is 0.0802 e. The van der Waals surface area contributed by atoms with E-state index < -0.39 is 0 Å². The first kappa shape index (κ1) is 8.76. The van der Waals surface area contributed by atoms with E-state index in [1.54, 1.807) is 0 Å². The van der Waals surface area contributed by atoms with Crippen molar-refractivity contribution in [1.82, 2.24) is 0 Å². The second kappa shape index (κ2) is 3.15. The molecule has 0 bridgehead atoms. The third-order valence-electron chi connectivity index (χ3n) is 2.89. The lowest BCUT2D eigenvalue weighted by atomic mass is 9.88. The summed E-state index contributed by atoms with van der Waals surface area (Å²) in [5.74, 6) is 0.547. The van der Waals surface area contributed by atoms with Crippen LogP contribution in [0, 0.1) is 6.92 Å². The largest absolute Gasteiger partial charge is 0.373 e. The van der Waals surface area contributed by atoms with Gasteiger partial charge in [-0.05, 0) is 30.5 Å². The minimum Gasteiger partial charge on any atom is -0.373 e. The Morgan fingerprint density at radius 3 is 2.77 bits per heavy atom. The summed E-state index contributed by atoms with van der Waals surface area (Å²) in [7, 11) is 0. The number of ether oxygens (including phenoxy) is 1. The van der Waals surface area contributed by atoms with Crippen molar-refractivity contribution < 1.29 is 4.74 Å². The predicted molar refractivity (Wildman–Crippen MR) is 54.0 cm³/mol. The molecule has 13 heavy (non-hydrogen) atoms. The molecule has 1 aromatic rings. The summed E-state index contributed by atoms with van der Waals surface area (Å²) >= 11 is 0. The van der Waals surface area contributed by atoms with E-state index in [9.17, 15) is 0 Å². The van der Waals surface area contributed by atoms with E-state index in [2.05, 4.69) is 39.0 Å². The topological polar surface area (TPSA) is 9.23 Å². The lowest BCUT2D eigenvalue weighted by Gasteiger charge is -2.29. The predicted octanol–water partition coefficient (Wildman–Crippen LogP) is 3.19. The van der Waals surface area contributed by atoms with Gasteiger partial charge in [0.25, 0.3) is 0 Å². The van der Waals surface area contributed by atoms with Crippen molar-refractivity contribution in [1.29, 1.82) is 0 Å². The lowest BCUT2D eigenvalue weighted by molar-refractivity contribution is 0.0424. The third kappa shape index (κ3) is 1.37. The molecule has 0 saturated carbocycles. The van der Waals surface area contributed by atoms with Crippen molar-refractivity contribution in [2.24, 2.45) is 0 Å². The molecule has 2 atom stereocenters. The summed E-state index contributed by atoms with van der Waals surface area (Å²) in [6.07, 6.45) is 0.271. The molecule has 2 rings (SSSR count). The van der Waals surface area contributed by atoms with E-state index in [-0.39, 0.29) is 6.10 Å². The molecule has 1 heterocycles. The molecule has 0 N–H and O–H groups in total. The Balaban J connectivity index is 2.56. The molecule has 2 unspecified atom stereocenters. The molecule has 1 nitrogen and oxygen atoms in total. The molecule has 0 spiro atoms. The molecule has 0 amide bonds. The Hall–Kier alpha value is -0.820. The molecule has 0 fully saturated rings. The highest BCUT2D eigenvalue weighted by atomic mass is 16.5. The fraction of sp³-hybridized carbons (Fsp3) is 0.500. The SMILES string of the molecule is Cc1cccc2c1C(C)OCC2C. The van der Waals surface area contributed by atoms with E-state index in [1.807, 2.05) is 0 Å². The Kier molecular flexibility index (Phi) is 2.12. The summed E-state index contributed by atoms with van der Waals surface area (Å²) in [6, 6.07) is 6.53. The third-order valence-corrected chi connectivity index (χ3v) is 2.89. The zero-order valence-electron chi connectivity index (χ0n) is 8.50. The van der Waals surface area contributed by atoms with Crippen LogP contribution >= 0.6 is 0 Å². The highest BCUT2D eigenvalue weighted by Gasteiger charge is 2.23. The van der Waals surface area contributed by atoms with Crippen LogP contribution in [0.4, 0.5) is 0 Å². The number of aryl methyl sites for hydroxylation is 1. The second-order valence-electron chi connectivity index (χ2n) is 3.95. The van der Waals surface area contributed by atoms with Crippen LogP contribution < -0.4 is 0 Å². The quantitative estimate of drug-likeness (QED) is 0.590. The molecule has 0 radical (unpaired) electrons. The van der Waals surface area contributed by atoms with Crippen LogP contribution in [0.5, 0.6) is 0 Å². The normalized spacial score (nSPS) is 27.0. The Labute approximate surface area is 79.7 Å². The van der Waals surface area contributed by atoms with Gasteiger partial charge in [0.2, 0.25) is 0 Å². The fourth-order valence-corrected chi connectivity index (χ4v) is 2.15. The fourth-order valence-electron chi connectivity index (χ4n) is 2.15. The maximum atomic E-state index is 5.70. The van der Waals surface area contributed by atoms with Crippen LogP contribution in [0.2, 0.25) is 0 Å². The van der Waals surface area contributed by atoms with Crippen LogP contribution in [-0.2, 0) is 4.74 Å². The van der Waals surface area contributed by atoms with Crippen molar-refractivity contribution in [3.05, 3.63) is 34.9 Å². The zero-order chi connectivity index (χ0) is 9.42. The van der Waals surface area contributed by atoms with E-state index >= 15 is 0 Å². The number of benzene rings is 1. The maximum Gasteiger partial charge on any atom is 0.0802 e. The van der Waals surface area contributed by atoms with E-state index in [1.165, 1.54) is 16.7 Å². The molecule has 1 aliphatic rings. The number of rotatable bonds is 0. The van der Waals surface area contributed by atoms with E-state index in [0.29, 0.717) is 5.92 Å². The number of hydrogen-bond donors (Lipinski definition) is 0. The van der Waals surface area contributed by atoms with Crippen LogP contribution in [0.3, 0.4) is 0 Å². The van der Waals surface area contributed by atoms with Crippen molar-refractivity contribution in [3.8, 4) is 0 Å². The van der Waals surface area contributed by atoms with Crippen LogP contribution in [0.15, 0.2) is 18.2 Å². The molecule has 1 heteroatoms.